The van der Waals surface area contributed by atoms with E-state index in [4.69, 9.17) is 25.8 Å². The van der Waals surface area contributed by atoms with Gasteiger partial charge in [0.2, 0.25) is 6.41 Å². The number of ether oxygens (including phenoxy) is 3. The zero-order valence-corrected chi connectivity index (χ0v) is 16.8. The van der Waals surface area contributed by atoms with E-state index in [9.17, 15) is 9.18 Å². The average molecular weight is 426 g/mol. The van der Waals surface area contributed by atoms with Crippen molar-refractivity contribution in [3.05, 3.63) is 17.2 Å². The summed E-state index contributed by atoms with van der Waals surface area (Å²) < 4.78 is 30.5. The van der Waals surface area contributed by atoms with E-state index < -0.39 is 12.1 Å². The summed E-state index contributed by atoms with van der Waals surface area (Å²) >= 11 is 5.86. The average Bonchev–Trinajstić information content (AvgIpc) is 2.98. The van der Waals surface area contributed by atoms with E-state index in [0.717, 1.165) is 19.3 Å². The Morgan fingerprint density at radius 3 is 2.59 bits per heavy atom. The van der Waals surface area contributed by atoms with Crippen molar-refractivity contribution < 1.29 is 23.4 Å². The van der Waals surface area contributed by atoms with Crippen molar-refractivity contribution >= 4 is 34.7 Å². The lowest BCUT2D eigenvalue weighted by Crippen LogP contribution is -2.53. The van der Waals surface area contributed by atoms with Crippen LogP contribution in [0.3, 0.4) is 0 Å². The van der Waals surface area contributed by atoms with Gasteiger partial charge in [0.05, 0.1) is 5.39 Å². The predicted octanol–water partition coefficient (Wildman–Crippen LogP) is 1.62. The molecule has 156 valence electrons. The summed E-state index contributed by atoms with van der Waals surface area (Å²) in [5.74, 6) is -0.232. The van der Waals surface area contributed by atoms with Gasteiger partial charge in [0.1, 0.15) is 17.9 Å². The van der Waals surface area contributed by atoms with Crippen LogP contribution in [0.4, 0.5) is 10.2 Å². The summed E-state index contributed by atoms with van der Waals surface area (Å²) in [7, 11) is 2.97. The Hall–Kier alpha value is -2.30. The topological polar surface area (TPSA) is 89.9 Å². The number of carbonyl (C=O) groups excluding carboxylic acids is 1. The van der Waals surface area contributed by atoms with Crippen LogP contribution in [0.2, 0.25) is 5.15 Å². The van der Waals surface area contributed by atoms with Crippen LogP contribution < -0.4 is 9.64 Å². The maximum atomic E-state index is 14.7. The molecule has 1 amide bonds. The molecule has 2 fully saturated rings. The number of amides is 1. The molecule has 2 aromatic heterocycles. The largest absolute Gasteiger partial charge is 0.458 e. The van der Waals surface area contributed by atoms with Crippen molar-refractivity contribution in [1.82, 2.24) is 19.9 Å². The lowest BCUT2D eigenvalue weighted by Gasteiger charge is -2.39. The van der Waals surface area contributed by atoms with Gasteiger partial charge in [-0.05, 0) is 12.8 Å². The van der Waals surface area contributed by atoms with Crippen molar-refractivity contribution in [1.29, 1.82) is 0 Å². The first kappa shape index (κ1) is 20.0. The van der Waals surface area contributed by atoms with Crippen LogP contribution in [0.5, 0.6) is 6.01 Å². The normalized spacial score (nSPS) is 21.3. The molecule has 2 atom stereocenters. The van der Waals surface area contributed by atoms with Crippen LogP contribution in [0, 0.1) is 5.82 Å². The van der Waals surface area contributed by atoms with Gasteiger partial charge in [-0.3, -0.25) is 4.79 Å². The maximum absolute atomic E-state index is 14.7. The van der Waals surface area contributed by atoms with Gasteiger partial charge in [-0.2, -0.15) is 9.97 Å². The van der Waals surface area contributed by atoms with Crippen LogP contribution in [0.25, 0.3) is 10.9 Å². The van der Waals surface area contributed by atoms with Gasteiger partial charge in [0.25, 0.3) is 0 Å². The highest BCUT2D eigenvalue weighted by Crippen LogP contribution is 2.35. The molecule has 0 saturated carbocycles. The number of pyridine rings is 1. The third-order valence-electron chi connectivity index (χ3n) is 5.44. The standard InChI is InChI=1S/C18H21ClFN5O4/c1-27-13(28-2)8-29-18-22-15-12(5-21-16(19)14(15)20)17(23-18)24-6-10-3-4-11(7-24)25(10)9-26/h5,9-11,13H,3-4,6-8H2,1-2H3. The van der Waals surface area contributed by atoms with E-state index in [2.05, 4.69) is 15.0 Å². The van der Waals surface area contributed by atoms with Gasteiger partial charge in [-0.1, -0.05) is 11.6 Å². The number of hydrogen-bond acceptors (Lipinski definition) is 8. The Balaban J connectivity index is 1.72. The molecule has 0 spiro atoms. The Kier molecular flexibility index (Phi) is 5.66. The Morgan fingerprint density at radius 2 is 1.97 bits per heavy atom. The molecule has 0 aliphatic carbocycles. The summed E-state index contributed by atoms with van der Waals surface area (Å²) in [4.78, 5) is 27.9. The number of aromatic nitrogens is 3. The molecule has 0 aromatic carbocycles. The molecule has 9 nitrogen and oxygen atoms in total. The monoisotopic (exact) mass is 425 g/mol. The highest BCUT2D eigenvalue weighted by Gasteiger charge is 2.40. The minimum Gasteiger partial charge on any atom is -0.458 e. The van der Waals surface area contributed by atoms with Gasteiger partial charge in [-0.15, -0.1) is 0 Å². The molecule has 11 heteroatoms. The van der Waals surface area contributed by atoms with E-state index in [1.807, 2.05) is 9.80 Å². The smallest absolute Gasteiger partial charge is 0.319 e. The van der Waals surface area contributed by atoms with E-state index in [1.54, 1.807) is 0 Å². The molecule has 29 heavy (non-hydrogen) atoms. The number of hydrogen-bond donors (Lipinski definition) is 0. The van der Waals surface area contributed by atoms with Crippen LogP contribution >= 0.6 is 11.6 Å². The molecule has 2 aliphatic heterocycles. The molecule has 2 saturated heterocycles. The second kappa shape index (κ2) is 8.21. The van der Waals surface area contributed by atoms with E-state index in [1.165, 1.54) is 20.4 Å². The fraction of sp³-hybridized carbons (Fsp3) is 0.556. The van der Waals surface area contributed by atoms with Crippen molar-refractivity contribution in [2.45, 2.75) is 31.2 Å². The number of anilines is 1. The number of halogens is 2. The zero-order valence-electron chi connectivity index (χ0n) is 16.0. The van der Waals surface area contributed by atoms with Crippen LogP contribution in [0.15, 0.2) is 6.20 Å². The number of nitrogens with zero attached hydrogens (tertiary/aromatic N) is 5. The van der Waals surface area contributed by atoms with Crippen LogP contribution in [-0.4, -0.2) is 78.6 Å². The number of rotatable bonds is 7. The van der Waals surface area contributed by atoms with Crippen molar-refractivity contribution in [3.8, 4) is 6.01 Å². The first-order valence-corrected chi connectivity index (χ1v) is 9.61. The zero-order chi connectivity index (χ0) is 20.5. The minimum absolute atomic E-state index is 0.0158. The highest BCUT2D eigenvalue weighted by molar-refractivity contribution is 6.30. The molecule has 2 bridgehead atoms. The molecular weight excluding hydrogens is 405 g/mol. The molecule has 4 heterocycles. The third-order valence-corrected chi connectivity index (χ3v) is 5.70. The predicted molar refractivity (Wildman–Crippen MR) is 103 cm³/mol. The third kappa shape index (κ3) is 3.67. The molecule has 0 radical (unpaired) electrons. The second-order valence-corrected chi connectivity index (χ2v) is 7.37. The fourth-order valence-corrected chi connectivity index (χ4v) is 4.10. The summed E-state index contributed by atoms with van der Waals surface area (Å²) in [6, 6.07) is 0.173. The Labute approximate surface area is 171 Å². The summed E-state index contributed by atoms with van der Waals surface area (Å²) in [5.41, 5.74) is 0.0292. The fourth-order valence-electron chi connectivity index (χ4n) is 3.96. The van der Waals surface area contributed by atoms with Crippen molar-refractivity contribution in [2.75, 3.05) is 38.8 Å². The van der Waals surface area contributed by atoms with Crippen LogP contribution in [-0.2, 0) is 14.3 Å². The Bertz CT molecular complexity index is 901. The van der Waals surface area contributed by atoms with E-state index >= 15 is 0 Å². The summed E-state index contributed by atoms with van der Waals surface area (Å²) in [6.45, 7) is 1.20. The maximum Gasteiger partial charge on any atom is 0.319 e. The first-order valence-electron chi connectivity index (χ1n) is 9.23. The molecule has 2 unspecified atom stereocenters. The quantitative estimate of drug-likeness (QED) is 0.375. The van der Waals surface area contributed by atoms with E-state index in [0.29, 0.717) is 24.3 Å². The summed E-state index contributed by atoms with van der Waals surface area (Å²) in [6.07, 6.45) is 3.60. The first-order chi connectivity index (χ1) is 14.0. The summed E-state index contributed by atoms with van der Waals surface area (Å²) in [5, 5.41) is 0.166. The van der Waals surface area contributed by atoms with Gasteiger partial charge in [0, 0.05) is 45.6 Å². The van der Waals surface area contributed by atoms with Crippen molar-refractivity contribution in [3.63, 3.8) is 0 Å². The van der Waals surface area contributed by atoms with Gasteiger partial charge in [-0.25, -0.2) is 9.37 Å². The van der Waals surface area contributed by atoms with E-state index in [-0.39, 0.29) is 35.4 Å². The number of methoxy groups -OCH3 is 2. The second-order valence-electron chi connectivity index (χ2n) is 7.01. The minimum atomic E-state index is -0.734. The Morgan fingerprint density at radius 1 is 1.28 bits per heavy atom. The molecule has 2 aliphatic rings. The number of piperazine rings is 1. The van der Waals surface area contributed by atoms with Gasteiger partial charge >= 0.3 is 6.01 Å². The number of fused-ring (bicyclic) bond motifs is 3. The number of carbonyl (C=O) groups is 1. The van der Waals surface area contributed by atoms with Gasteiger partial charge in [0.15, 0.2) is 17.3 Å². The van der Waals surface area contributed by atoms with Crippen LogP contribution in [0.1, 0.15) is 12.8 Å². The molecule has 2 aromatic rings. The lowest BCUT2D eigenvalue weighted by atomic mass is 10.2. The van der Waals surface area contributed by atoms with Crippen molar-refractivity contribution in [2.24, 2.45) is 0 Å². The molecular formula is C18H21ClFN5O4. The van der Waals surface area contributed by atoms with Gasteiger partial charge < -0.3 is 24.0 Å². The molecule has 0 N–H and O–H groups in total. The SMILES string of the molecule is COC(COc1nc(N2CC3CCC(C2)N3C=O)c2cnc(Cl)c(F)c2n1)OC. The lowest BCUT2D eigenvalue weighted by molar-refractivity contribution is -0.123. The molecule has 4 rings (SSSR count). The highest BCUT2D eigenvalue weighted by atomic mass is 35.5.